The summed E-state index contributed by atoms with van der Waals surface area (Å²) in [6.45, 7) is 1.57. The molecule has 1 heterocycles. The van der Waals surface area contributed by atoms with Crippen LogP contribution in [0.3, 0.4) is 0 Å². The lowest BCUT2D eigenvalue weighted by Crippen LogP contribution is -2.40. The molecule has 5 heteroatoms. The molecule has 0 aliphatic heterocycles. The van der Waals surface area contributed by atoms with Gasteiger partial charge in [-0.1, -0.05) is 12.0 Å². The van der Waals surface area contributed by atoms with Gasteiger partial charge in [-0.15, -0.1) is 6.42 Å². The molecule has 1 aromatic heterocycles. The van der Waals surface area contributed by atoms with Gasteiger partial charge >= 0.3 is 11.1 Å². The highest BCUT2D eigenvalue weighted by molar-refractivity contribution is 5.40. The van der Waals surface area contributed by atoms with Crippen molar-refractivity contribution in [2.24, 2.45) is 0 Å². The second-order valence-electron chi connectivity index (χ2n) is 3.99. The summed E-state index contributed by atoms with van der Waals surface area (Å²) < 4.78 is 15.7. The monoisotopic (exact) mass is 258 g/mol. The van der Waals surface area contributed by atoms with Crippen molar-refractivity contribution in [2.45, 2.75) is 13.5 Å². The van der Waals surface area contributed by atoms with Gasteiger partial charge in [-0.2, -0.15) is 0 Å². The highest BCUT2D eigenvalue weighted by Gasteiger charge is 2.10. The van der Waals surface area contributed by atoms with Gasteiger partial charge in [-0.25, -0.2) is 4.39 Å². The number of rotatable bonds is 2. The van der Waals surface area contributed by atoms with Crippen molar-refractivity contribution in [3.63, 3.8) is 0 Å². The molecule has 2 rings (SSSR count). The highest BCUT2D eigenvalue weighted by atomic mass is 19.1. The standard InChI is InChI=1S/C14H11FN2O2/c1-3-7-16-8-9-17(14(19)13(16)18)12-6-4-5-11(15)10(12)2/h1,4-6,8-9H,7H2,2H3. The van der Waals surface area contributed by atoms with Gasteiger partial charge in [0.25, 0.3) is 0 Å². The smallest absolute Gasteiger partial charge is 0.298 e. The molecule has 0 fully saturated rings. The molecule has 1 aromatic carbocycles. The molecule has 4 nitrogen and oxygen atoms in total. The van der Waals surface area contributed by atoms with Crippen LogP contribution in [0.4, 0.5) is 4.39 Å². The van der Waals surface area contributed by atoms with Crippen molar-refractivity contribution in [3.05, 3.63) is 62.7 Å². The Morgan fingerprint density at radius 3 is 2.68 bits per heavy atom. The van der Waals surface area contributed by atoms with Crippen LogP contribution in [0.2, 0.25) is 0 Å². The molecule has 0 radical (unpaired) electrons. The summed E-state index contributed by atoms with van der Waals surface area (Å²) >= 11 is 0. The van der Waals surface area contributed by atoms with E-state index in [0.29, 0.717) is 11.3 Å². The molecule has 0 N–H and O–H groups in total. The van der Waals surface area contributed by atoms with E-state index in [-0.39, 0.29) is 6.54 Å². The summed E-state index contributed by atoms with van der Waals surface area (Å²) in [7, 11) is 0. The van der Waals surface area contributed by atoms with Crippen LogP contribution in [0.15, 0.2) is 40.2 Å². The van der Waals surface area contributed by atoms with E-state index in [1.807, 2.05) is 0 Å². The fourth-order valence-corrected chi connectivity index (χ4v) is 1.78. The normalized spacial score (nSPS) is 10.2. The topological polar surface area (TPSA) is 44.0 Å². The largest absolute Gasteiger partial charge is 0.321 e. The van der Waals surface area contributed by atoms with Crippen LogP contribution in [-0.2, 0) is 6.54 Å². The number of nitrogens with zero attached hydrogens (tertiary/aromatic N) is 2. The molecule has 0 aliphatic carbocycles. The maximum absolute atomic E-state index is 13.5. The van der Waals surface area contributed by atoms with E-state index in [0.717, 1.165) is 9.13 Å². The zero-order valence-corrected chi connectivity index (χ0v) is 10.3. The van der Waals surface area contributed by atoms with E-state index in [2.05, 4.69) is 5.92 Å². The van der Waals surface area contributed by atoms with Gasteiger partial charge in [0.05, 0.1) is 12.2 Å². The van der Waals surface area contributed by atoms with Gasteiger partial charge in [0.1, 0.15) is 5.82 Å². The molecule has 0 unspecified atom stereocenters. The summed E-state index contributed by atoms with van der Waals surface area (Å²) in [5, 5.41) is 0. The molecule has 96 valence electrons. The second kappa shape index (κ2) is 4.94. The van der Waals surface area contributed by atoms with Crippen LogP contribution in [0, 0.1) is 25.1 Å². The third-order valence-electron chi connectivity index (χ3n) is 2.82. The summed E-state index contributed by atoms with van der Waals surface area (Å²) in [6, 6.07) is 4.35. The van der Waals surface area contributed by atoms with Crippen LogP contribution in [0.1, 0.15) is 5.56 Å². The molecular weight excluding hydrogens is 247 g/mol. The van der Waals surface area contributed by atoms with Crippen molar-refractivity contribution >= 4 is 0 Å². The van der Waals surface area contributed by atoms with E-state index >= 15 is 0 Å². The number of hydrogen-bond acceptors (Lipinski definition) is 2. The van der Waals surface area contributed by atoms with Crippen LogP contribution >= 0.6 is 0 Å². The summed E-state index contributed by atoms with van der Waals surface area (Å²) in [4.78, 5) is 23.8. The Labute approximate surface area is 108 Å². The molecule has 0 spiro atoms. The average Bonchev–Trinajstić information content (AvgIpc) is 2.39. The van der Waals surface area contributed by atoms with E-state index < -0.39 is 16.9 Å². The quantitative estimate of drug-likeness (QED) is 0.597. The Bertz CT molecular complexity index is 781. The molecular formula is C14H11FN2O2. The Balaban J connectivity index is 2.69. The number of aromatic nitrogens is 2. The molecule has 0 atom stereocenters. The zero-order valence-electron chi connectivity index (χ0n) is 10.3. The van der Waals surface area contributed by atoms with Crippen molar-refractivity contribution in [2.75, 3.05) is 0 Å². The average molecular weight is 258 g/mol. The first-order valence-electron chi connectivity index (χ1n) is 5.57. The lowest BCUT2D eigenvalue weighted by molar-refractivity contribution is 0.616. The third-order valence-corrected chi connectivity index (χ3v) is 2.82. The van der Waals surface area contributed by atoms with Gasteiger partial charge in [0, 0.05) is 18.0 Å². The van der Waals surface area contributed by atoms with Gasteiger partial charge in [-0.3, -0.25) is 18.7 Å². The van der Waals surface area contributed by atoms with Crippen molar-refractivity contribution in [1.29, 1.82) is 0 Å². The van der Waals surface area contributed by atoms with Crippen molar-refractivity contribution < 1.29 is 4.39 Å². The molecule has 2 aromatic rings. The number of hydrogen-bond donors (Lipinski definition) is 0. The molecule has 0 saturated heterocycles. The Morgan fingerprint density at radius 1 is 1.26 bits per heavy atom. The number of halogens is 1. The first kappa shape index (κ1) is 12.8. The molecule has 0 bridgehead atoms. The Kier molecular flexibility index (Phi) is 3.34. The highest BCUT2D eigenvalue weighted by Crippen LogP contribution is 2.14. The third kappa shape index (κ3) is 2.20. The van der Waals surface area contributed by atoms with E-state index in [9.17, 15) is 14.0 Å². The predicted molar refractivity (Wildman–Crippen MR) is 69.8 cm³/mol. The number of terminal acetylenes is 1. The molecule has 19 heavy (non-hydrogen) atoms. The number of benzene rings is 1. The fraction of sp³-hybridized carbons (Fsp3) is 0.143. The van der Waals surface area contributed by atoms with Crippen LogP contribution in [-0.4, -0.2) is 9.13 Å². The summed E-state index contributed by atoms with van der Waals surface area (Å²) in [5.74, 6) is 1.85. The van der Waals surface area contributed by atoms with Gasteiger partial charge in [0.15, 0.2) is 0 Å². The molecule has 0 amide bonds. The van der Waals surface area contributed by atoms with Crippen molar-refractivity contribution in [3.8, 4) is 18.0 Å². The van der Waals surface area contributed by atoms with Crippen LogP contribution < -0.4 is 11.1 Å². The SMILES string of the molecule is C#CCn1ccn(-c2cccc(F)c2C)c(=O)c1=O. The minimum Gasteiger partial charge on any atom is -0.298 e. The summed E-state index contributed by atoms with van der Waals surface area (Å²) in [5.41, 5.74) is -0.843. The van der Waals surface area contributed by atoms with E-state index in [4.69, 9.17) is 6.42 Å². The zero-order chi connectivity index (χ0) is 14.0. The fourth-order valence-electron chi connectivity index (χ4n) is 1.78. The lowest BCUT2D eigenvalue weighted by atomic mass is 10.2. The van der Waals surface area contributed by atoms with Gasteiger partial charge in [-0.05, 0) is 19.1 Å². The van der Waals surface area contributed by atoms with Gasteiger partial charge in [0.2, 0.25) is 0 Å². The summed E-state index contributed by atoms with van der Waals surface area (Å²) in [6.07, 6.45) is 7.92. The maximum Gasteiger partial charge on any atom is 0.321 e. The predicted octanol–water partition coefficient (Wildman–Crippen LogP) is 1.08. The van der Waals surface area contributed by atoms with Crippen LogP contribution in [0.25, 0.3) is 5.69 Å². The lowest BCUT2D eigenvalue weighted by Gasteiger charge is -2.10. The minimum absolute atomic E-state index is 0.0248. The molecule has 0 saturated carbocycles. The van der Waals surface area contributed by atoms with Crippen molar-refractivity contribution in [1.82, 2.24) is 9.13 Å². The Hall–Kier alpha value is -2.61. The van der Waals surface area contributed by atoms with Gasteiger partial charge < -0.3 is 0 Å². The second-order valence-corrected chi connectivity index (χ2v) is 3.99. The molecule has 0 aliphatic rings. The first-order chi connectivity index (χ1) is 9.06. The maximum atomic E-state index is 13.5. The van der Waals surface area contributed by atoms with E-state index in [1.54, 1.807) is 13.0 Å². The minimum atomic E-state index is -0.758. The Morgan fingerprint density at radius 2 is 2.00 bits per heavy atom. The first-order valence-corrected chi connectivity index (χ1v) is 5.57. The van der Waals surface area contributed by atoms with Crippen LogP contribution in [0.5, 0.6) is 0 Å². The van der Waals surface area contributed by atoms with E-state index in [1.165, 1.54) is 24.5 Å².